The highest BCUT2D eigenvalue weighted by Gasteiger charge is 2.23. The maximum atomic E-state index is 12.9. The van der Waals surface area contributed by atoms with Crippen molar-refractivity contribution in [3.05, 3.63) is 76.1 Å². The van der Waals surface area contributed by atoms with E-state index < -0.39 is 0 Å². The van der Waals surface area contributed by atoms with Gasteiger partial charge in [0, 0.05) is 24.8 Å². The highest BCUT2D eigenvalue weighted by molar-refractivity contribution is 7.80. The lowest BCUT2D eigenvalue weighted by Crippen LogP contribution is -2.44. The molecule has 0 aliphatic carbocycles. The molecule has 3 aromatic rings. The number of benzene rings is 2. The van der Waals surface area contributed by atoms with Crippen LogP contribution in [0.2, 0.25) is 0 Å². The van der Waals surface area contributed by atoms with Crippen molar-refractivity contribution in [2.75, 3.05) is 20.3 Å². The van der Waals surface area contributed by atoms with Crippen LogP contribution in [0.4, 0.5) is 0 Å². The van der Waals surface area contributed by atoms with Gasteiger partial charge in [-0.3, -0.25) is 4.79 Å². The van der Waals surface area contributed by atoms with Crippen LogP contribution in [-0.4, -0.2) is 41.4 Å². The molecule has 1 fully saturated rings. The summed E-state index contributed by atoms with van der Waals surface area (Å²) in [6, 6.07) is 17.8. The zero-order valence-corrected chi connectivity index (χ0v) is 19.3. The molecule has 1 aromatic heterocycles. The van der Waals surface area contributed by atoms with E-state index >= 15 is 0 Å². The molecule has 0 spiro atoms. The smallest absolute Gasteiger partial charge is 0.253 e. The van der Waals surface area contributed by atoms with Crippen LogP contribution in [0.5, 0.6) is 5.75 Å². The Morgan fingerprint density at radius 1 is 1.28 bits per heavy atom. The fourth-order valence-corrected chi connectivity index (χ4v) is 4.35. The number of H-pyrrole nitrogens is 1. The van der Waals surface area contributed by atoms with Gasteiger partial charge in [0.1, 0.15) is 5.75 Å². The molecule has 2 heterocycles. The van der Waals surface area contributed by atoms with Crippen LogP contribution < -0.4 is 15.6 Å². The molecule has 0 amide bonds. The number of nitrogens with one attached hydrogen (secondary N) is 2. The number of aromatic nitrogens is 1. The Balaban J connectivity index is 1.56. The molecule has 4 rings (SSSR count). The quantitative estimate of drug-likeness (QED) is 0.526. The second kappa shape index (κ2) is 10.1. The summed E-state index contributed by atoms with van der Waals surface area (Å²) in [4.78, 5) is 17.9. The molecule has 0 saturated carbocycles. The number of hydrogen-bond acceptors (Lipinski definition) is 4. The minimum Gasteiger partial charge on any atom is -0.497 e. The van der Waals surface area contributed by atoms with Gasteiger partial charge in [0.2, 0.25) is 0 Å². The summed E-state index contributed by atoms with van der Waals surface area (Å²) in [5.74, 6) is 0.709. The number of nitrogens with zero attached hydrogens (tertiary/aromatic N) is 1. The summed E-state index contributed by atoms with van der Waals surface area (Å²) in [6.45, 7) is 3.91. The predicted molar refractivity (Wildman–Crippen MR) is 131 cm³/mol. The van der Waals surface area contributed by atoms with Gasteiger partial charge in [-0.1, -0.05) is 30.3 Å². The fraction of sp³-hybridized carbons (Fsp3) is 0.360. The van der Waals surface area contributed by atoms with Crippen LogP contribution in [0.15, 0.2) is 59.4 Å². The van der Waals surface area contributed by atoms with Gasteiger partial charge in [0.25, 0.3) is 5.56 Å². The molecule has 0 unspecified atom stereocenters. The van der Waals surface area contributed by atoms with Crippen molar-refractivity contribution in [1.29, 1.82) is 0 Å². The number of fused-ring (bicyclic) bond motifs is 1. The van der Waals surface area contributed by atoms with E-state index in [-0.39, 0.29) is 17.7 Å². The predicted octanol–water partition coefficient (Wildman–Crippen LogP) is 4.15. The normalized spacial score (nSPS) is 16.6. The van der Waals surface area contributed by atoms with Gasteiger partial charge in [-0.2, -0.15) is 0 Å². The third kappa shape index (κ3) is 5.29. The molecule has 7 heteroatoms. The average Bonchev–Trinajstić information content (AvgIpc) is 3.32. The molecule has 2 N–H and O–H groups in total. The maximum absolute atomic E-state index is 12.9. The minimum absolute atomic E-state index is 0.0537. The first-order chi connectivity index (χ1) is 15.5. The number of methoxy groups -OCH3 is 1. The molecule has 0 radical (unpaired) electrons. The van der Waals surface area contributed by atoms with Crippen LogP contribution in [0.1, 0.15) is 36.9 Å². The van der Waals surface area contributed by atoms with Crippen molar-refractivity contribution in [2.45, 2.75) is 38.5 Å². The summed E-state index contributed by atoms with van der Waals surface area (Å²) in [6.07, 6.45) is 2.17. The van der Waals surface area contributed by atoms with E-state index in [9.17, 15) is 4.79 Å². The van der Waals surface area contributed by atoms with Gasteiger partial charge >= 0.3 is 0 Å². The number of aromatic amines is 1. The van der Waals surface area contributed by atoms with Gasteiger partial charge in [-0.05, 0) is 61.1 Å². The van der Waals surface area contributed by atoms with Crippen molar-refractivity contribution in [1.82, 2.24) is 15.2 Å². The molecular formula is C25H29N3O3S. The topological polar surface area (TPSA) is 66.6 Å². The van der Waals surface area contributed by atoms with Gasteiger partial charge in [-0.15, -0.1) is 0 Å². The number of hydrogen-bond donors (Lipinski definition) is 2. The Morgan fingerprint density at radius 3 is 2.81 bits per heavy atom. The minimum atomic E-state index is -0.123. The Labute approximate surface area is 193 Å². The van der Waals surface area contributed by atoms with Crippen LogP contribution in [-0.2, 0) is 11.3 Å². The van der Waals surface area contributed by atoms with Gasteiger partial charge in [0.05, 0.1) is 31.3 Å². The summed E-state index contributed by atoms with van der Waals surface area (Å²) >= 11 is 5.79. The lowest BCUT2D eigenvalue weighted by atomic mass is 10.1. The number of thiocarbonyl (C=S) groups is 1. The van der Waals surface area contributed by atoms with Gasteiger partial charge < -0.3 is 24.7 Å². The number of pyridine rings is 1. The second-order valence-electron chi connectivity index (χ2n) is 8.17. The molecule has 2 aromatic carbocycles. The molecule has 0 bridgehead atoms. The van der Waals surface area contributed by atoms with Crippen LogP contribution in [0, 0.1) is 0 Å². The van der Waals surface area contributed by atoms with Crippen LogP contribution in [0.3, 0.4) is 0 Å². The molecular weight excluding hydrogens is 422 g/mol. The van der Waals surface area contributed by atoms with E-state index in [0.717, 1.165) is 35.9 Å². The van der Waals surface area contributed by atoms with Crippen molar-refractivity contribution in [2.24, 2.45) is 0 Å². The zero-order chi connectivity index (χ0) is 22.5. The number of ether oxygens (including phenoxy) is 2. The van der Waals surface area contributed by atoms with Crippen LogP contribution >= 0.6 is 12.2 Å². The van der Waals surface area contributed by atoms with E-state index in [1.165, 1.54) is 0 Å². The first kappa shape index (κ1) is 22.3. The highest BCUT2D eigenvalue weighted by atomic mass is 32.1. The van der Waals surface area contributed by atoms with Crippen LogP contribution in [0.25, 0.3) is 10.9 Å². The molecule has 1 saturated heterocycles. The maximum Gasteiger partial charge on any atom is 0.253 e. The highest BCUT2D eigenvalue weighted by Crippen LogP contribution is 2.20. The molecule has 6 nitrogen and oxygen atoms in total. The van der Waals surface area contributed by atoms with Crippen molar-refractivity contribution in [3.63, 3.8) is 0 Å². The summed E-state index contributed by atoms with van der Waals surface area (Å²) in [5.41, 5.74) is 2.45. The average molecular weight is 452 g/mol. The largest absolute Gasteiger partial charge is 0.497 e. The molecule has 1 aliphatic heterocycles. The Morgan fingerprint density at radius 2 is 2.09 bits per heavy atom. The Hall–Kier alpha value is -2.90. The first-order valence-electron chi connectivity index (χ1n) is 11.0. The third-order valence-electron chi connectivity index (χ3n) is 5.87. The van der Waals surface area contributed by atoms with E-state index in [1.807, 2.05) is 47.4 Å². The zero-order valence-electron chi connectivity index (χ0n) is 18.5. The van der Waals surface area contributed by atoms with E-state index in [2.05, 4.69) is 29.4 Å². The van der Waals surface area contributed by atoms with Gasteiger partial charge in [-0.25, -0.2) is 0 Å². The lowest BCUT2D eigenvalue weighted by Gasteiger charge is -2.30. The monoisotopic (exact) mass is 451 g/mol. The van der Waals surface area contributed by atoms with Crippen molar-refractivity contribution < 1.29 is 9.47 Å². The molecule has 168 valence electrons. The summed E-state index contributed by atoms with van der Waals surface area (Å²) in [5, 5.41) is 5.00. The van der Waals surface area contributed by atoms with E-state index in [4.69, 9.17) is 21.7 Å². The van der Waals surface area contributed by atoms with E-state index in [1.54, 1.807) is 7.11 Å². The SMILES string of the molecule is COc1ccc2cc(CN(C[C@@H]3CCCO3)C(=S)N[C@H](C)c3ccccc3)c(=O)[nH]c2c1. The number of rotatable bonds is 7. The lowest BCUT2D eigenvalue weighted by molar-refractivity contribution is 0.0895. The van der Waals surface area contributed by atoms with Gasteiger partial charge in [0.15, 0.2) is 5.11 Å². The summed E-state index contributed by atoms with van der Waals surface area (Å²) < 4.78 is 11.1. The van der Waals surface area contributed by atoms with Crippen molar-refractivity contribution >= 4 is 28.2 Å². The molecule has 32 heavy (non-hydrogen) atoms. The Kier molecular flexibility index (Phi) is 7.07. The Bertz CT molecular complexity index is 1130. The summed E-state index contributed by atoms with van der Waals surface area (Å²) in [7, 11) is 1.61. The second-order valence-corrected chi connectivity index (χ2v) is 8.56. The molecule has 2 atom stereocenters. The first-order valence-corrected chi connectivity index (χ1v) is 11.4. The third-order valence-corrected chi connectivity index (χ3v) is 6.24. The van der Waals surface area contributed by atoms with Crippen molar-refractivity contribution in [3.8, 4) is 5.75 Å². The molecule has 1 aliphatic rings. The van der Waals surface area contributed by atoms with E-state index in [0.29, 0.717) is 29.5 Å². The standard InChI is InChI=1S/C25H29N3O3S/c1-17(18-7-4-3-5-8-18)26-25(32)28(16-22-9-6-12-31-22)15-20-13-19-10-11-21(30-2)14-23(19)27-24(20)29/h3-5,7-8,10-11,13-14,17,22H,6,9,12,15-16H2,1-2H3,(H,26,32)(H,27,29)/t17-,22+/m1/s1. The fourth-order valence-electron chi connectivity index (χ4n) is 4.03.